The van der Waals surface area contributed by atoms with Crippen molar-refractivity contribution in [3.63, 3.8) is 0 Å². The summed E-state index contributed by atoms with van der Waals surface area (Å²) in [6.45, 7) is -0.178. The van der Waals surface area contributed by atoms with Crippen LogP contribution in [0.4, 0.5) is 0 Å². The van der Waals surface area contributed by atoms with Gasteiger partial charge in [0.25, 0.3) is 5.91 Å². The smallest absolute Gasteiger partial charge is 0.325 e. The van der Waals surface area contributed by atoms with E-state index in [2.05, 4.69) is 15.0 Å². The van der Waals surface area contributed by atoms with Crippen molar-refractivity contribution in [3.05, 3.63) is 41.0 Å². The molecule has 19 heavy (non-hydrogen) atoms. The maximum Gasteiger partial charge on any atom is 0.325 e. The number of hydrogen-bond acceptors (Lipinski definition) is 4. The molecule has 0 saturated carbocycles. The number of carbonyl (C=O) groups is 2. The molecule has 0 saturated heterocycles. The number of rotatable bonds is 3. The topological polar surface area (TPSA) is 68.3 Å². The number of nitrogens with one attached hydrogen (secondary N) is 1. The van der Waals surface area contributed by atoms with Crippen LogP contribution in [0.25, 0.3) is 10.9 Å². The van der Waals surface area contributed by atoms with Crippen LogP contribution in [0, 0.1) is 0 Å². The van der Waals surface area contributed by atoms with Crippen LogP contribution in [0.5, 0.6) is 0 Å². The fraction of sp³-hybridized carbons (Fsp3) is 0.154. The maximum absolute atomic E-state index is 11.8. The van der Waals surface area contributed by atoms with Gasteiger partial charge in [0.2, 0.25) is 0 Å². The highest BCUT2D eigenvalue weighted by atomic mass is 35.5. The first-order valence-electron chi connectivity index (χ1n) is 5.50. The highest BCUT2D eigenvalue weighted by Gasteiger charge is 2.09. The third kappa shape index (κ3) is 3.20. The van der Waals surface area contributed by atoms with E-state index in [9.17, 15) is 9.59 Å². The van der Waals surface area contributed by atoms with Crippen molar-refractivity contribution < 1.29 is 14.3 Å². The number of hydrogen-bond donors (Lipinski definition) is 1. The van der Waals surface area contributed by atoms with Gasteiger partial charge >= 0.3 is 5.97 Å². The molecule has 1 aromatic heterocycles. The van der Waals surface area contributed by atoms with Crippen LogP contribution >= 0.6 is 11.6 Å². The molecule has 5 nitrogen and oxygen atoms in total. The summed E-state index contributed by atoms with van der Waals surface area (Å²) in [5, 5.41) is 3.78. The van der Waals surface area contributed by atoms with Crippen molar-refractivity contribution in [1.82, 2.24) is 10.3 Å². The molecular formula is C13H11ClN2O3. The third-order valence-corrected chi connectivity index (χ3v) is 2.76. The average Bonchev–Trinajstić information content (AvgIpc) is 2.43. The van der Waals surface area contributed by atoms with Crippen LogP contribution < -0.4 is 5.32 Å². The molecule has 2 rings (SSSR count). The number of benzene rings is 1. The molecule has 1 N–H and O–H groups in total. The molecule has 2 aromatic rings. The zero-order chi connectivity index (χ0) is 13.8. The largest absolute Gasteiger partial charge is 0.468 e. The molecule has 0 spiro atoms. The van der Waals surface area contributed by atoms with Gasteiger partial charge in [-0.25, -0.2) is 0 Å². The molecule has 0 fully saturated rings. The Morgan fingerprint density at radius 1 is 1.37 bits per heavy atom. The minimum absolute atomic E-state index is 0.178. The first-order chi connectivity index (χ1) is 9.10. The molecule has 1 heterocycles. The Morgan fingerprint density at radius 3 is 2.89 bits per heavy atom. The Hall–Kier alpha value is -2.14. The Bertz CT molecular complexity index is 643. The lowest BCUT2D eigenvalue weighted by molar-refractivity contribution is -0.139. The summed E-state index contributed by atoms with van der Waals surface area (Å²) in [4.78, 5) is 26.9. The zero-order valence-corrected chi connectivity index (χ0v) is 10.9. The molecule has 1 amide bonds. The predicted molar refractivity (Wildman–Crippen MR) is 71.1 cm³/mol. The molecule has 0 aliphatic rings. The van der Waals surface area contributed by atoms with Crippen LogP contribution in [-0.2, 0) is 9.53 Å². The number of amides is 1. The normalized spacial score (nSPS) is 10.2. The Kier molecular flexibility index (Phi) is 3.97. The second-order valence-electron chi connectivity index (χ2n) is 3.82. The molecule has 0 aliphatic heterocycles. The lowest BCUT2D eigenvalue weighted by atomic mass is 10.1. The highest BCUT2D eigenvalue weighted by Crippen LogP contribution is 2.18. The summed E-state index contributed by atoms with van der Waals surface area (Å²) < 4.78 is 4.44. The van der Waals surface area contributed by atoms with E-state index < -0.39 is 5.97 Å². The summed E-state index contributed by atoms with van der Waals surface area (Å²) >= 11 is 5.88. The lowest BCUT2D eigenvalue weighted by Crippen LogP contribution is -2.30. The van der Waals surface area contributed by atoms with Gasteiger partial charge in [0.15, 0.2) is 0 Å². The van der Waals surface area contributed by atoms with Crippen molar-refractivity contribution in [2.45, 2.75) is 0 Å². The second-order valence-corrected chi connectivity index (χ2v) is 4.26. The third-order valence-electron chi connectivity index (χ3n) is 2.53. The number of pyridine rings is 1. The minimum Gasteiger partial charge on any atom is -0.468 e. The van der Waals surface area contributed by atoms with Crippen molar-refractivity contribution in [1.29, 1.82) is 0 Å². The standard InChI is InChI=1S/C13H11ClN2O3/c1-19-12(17)7-16-13(18)9-4-8-5-10(14)2-3-11(8)15-6-9/h2-6H,7H2,1H3,(H,16,18). The van der Waals surface area contributed by atoms with E-state index in [4.69, 9.17) is 11.6 Å². The van der Waals surface area contributed by atoms with Gasteiger partial charge < -0.3 is 10.1 Å². The molecule has 1 aromatic carbocycles. The van der Waals surface area contributed by atoms with E-state index in [1.54, 1.807) is 24.3 Å². The maximum atomic E-state index is 11.8. The van der Waals surface area contributed by atoms with E-state index in [1.165, 1.54) is 13.3 Å². The van der Waals surface area contributed by atoms with E-state index >= 15 is 0 Å². The van der Waals surface area contributed by atoms with Crippen LogP contribution in [0.2, 0.25) is 5.02 Å². The summed E-state index contributed by atoms with van der Waals surface area (Å²) in [5.41, 5.74) is 1.10. The molecule has 6 heteroatoms. The minimum atomic E-state index is -0.509. The van der Waals surface area contributed by atoms with Gasteiger partial charge in [-0.2, -0.15) is 0 Å². The quantitative estimate of drug-likeness (QED) is 0.869. The van der Waals surface area contributed by atoms with Crippen molar-refractivity contribution >= 4 is 34.4 Å². The number of halogens is 1. The summed E-state index contributed by atoms with van der Waals surface area (Å²) in [6.07, 6.45) is 1.45. The van der Waals surface area contributed by atoms with E-state index in [0.717, 1.165) is 10.9 Å². The lowest BCUT2D eigenvalue weighted by Gasteiger charge is -2.05. The van der Waals surface area contributed by atoms with Crippen LogP contribution in [0.15, 0.2) is 30.5 Å². The fourth-order valence-electron chi connectivity index (χ4n) is 1.55. The Balaban J connectivity index is 2.20. The average molecular weight is 279 g/mol. The monoisotopic (exact) mass is 278 g/mol. The molecular weight excluding hydrogens is 268 g/mol. The van der Waals surface area contributed by atoms with E-state index in [-0.39, 0.29) is 12.5 Å². The van der Waals surface area contributed by atoms with Crippen LogP contribution in [-0.4, -0.2) is 30.5 Å². The van der Waals surface area contributed by atoms with Crippen molar-refractivity contribution in [2.24, 2.45) is 0 Å². The van der Waals surface area contributed by atoms with Crippen LogP contribution in [0.1, 0.15) is 10.4 Å². The molecule has 98 valence electrons. The second kappa shape index (κ2) is 5.67. The van der Waals surface area contributed by atoms with Gasteiger partial charge in [-0.3, -0.25) is 14.6 Å². The summed E-state index contributed by atoms with van der Waals surface area (Å²) in [5.74, 6) is -0.898. The SMILES string of the molecule is COC(=O)CNC(=O)c1cnc2ccc(Cl)cc2c1. The van der Waals surface area contributed by atoms with Gasteiger partial charge in [0, 0.05) is 16.6 Å². The number of ether oxygens (including phenoxy) is 1. The van der Waals surface area contributed by atoms with Gasteiger partial charge in [0.1, 0.15) is 6.54 Å². The number of nitrogens with zero attached hydrogens (tertiary/aromatic N) is 1. The molecule has 0 unspecified atom stereocenters. The van der Waals surface area contributed by atoms with Gasteiger partial charge in [-0.05, 0) is 24.3 Å². The number of methoxy groups -OCH3 is 1. The predicted octanol–water partition coefficient (Wildman–Crippen LogP) is 1.79. The zero-order valence-electron chi connectivity index (χ0n) is 10.1. The summed E-state index contributed by atoms with van der Waals surface area (Å²) in [6, 6.07) is 6.89. The summed E-state index contributed by atoms with van der Waals surface area (Å²) in [7, 11) is 1.26. The Labute approximate surface area is 114 Å². The van der Waals surface area contributed by atoms with Gasteiger partial charge in [0.05, 0.1) is 18.2 Å². The first-order valence-corrected chi connectivity index (χ1v) is 5.88. The van der Waals surface area contributed by atoms with Gasteiger partial charge in [-0.15, -0.1) is 0 Å². The first kappa shape index (κ1) is 13.3. The molecule has 0 radical (unpaired) electrons. The van der Waals surface area contributed by atoms with Crippen molar-refractivity contribution in [2.75, 3.05) is 13.7 Å². The Morgan fingerprint density at radius 2 is 2.16 bits per heavy atom. The van der Waals surface area contributed by atoms with Gasteiger partial charge in [-0.1, -0.05) is 11.6 Å². The molecule has 0 bridgehead atoms. The molecule has 0 atom stereocenters. The number of carbonyl (C=O) groups excluding carboxylic acids is 2. The number of fused-ring (bicyclic) bond motifs is 1. The van der Waals surface area contributed by atoms with Crippen LogP contribution in [0.3, 0.4) is 0 Å². The number of aromatic nitrogens is 1. The highest BCUT2D eigenvalue weighted by molar-refractivity contribution is 6.31. The van der Waals surface area contributed by atoms with E-state index in [0.29, 0.717) is 10.6 Å². The molecule has 0 aliphatic carbocycles. The fourth-order valence-corrected chi connectivity index (χ4v) is 1.73. The van der Waals surface area contributed by atoms with Crippen molar-refractivity contribution in [3.8, 4) is 0 Å². The number of esters is 1. The van der Waals surface area contributed by atoms with E-state index in [1.807, 2.05) is 0 Å².